The Hall–Kier alpha value is -1.40. The lowest BCUT2D eigenvalue weighted by Gasteiger charge is -2.14. The second kappa shape index (κ2) is 6.68. The number of carboxylic acid groups (broad SMARTS) is 1. The van der Waals surface area contributed by atoms with Gasteiger partial charge in [-0.1, -0.05) is 22.0 Å². The monoisotopic (exact) mass is 330 g/mol. The summed E-state index contributed by atoms with van der Waals surface area (Å²) < 4.78 is 5.28. The van der Waals surface area contributed by atoms with Crippen molar-refractivity contribution in [2.45, 2.75) is 24.8 Å². The van der Waals surface area contributed by atoms with Crippen LogP contribution in [0.5, 0.6) is 5.75 Å². The maximum absolute atomic E-state index is 12.0. The topological polar surface area (TPSA) is 83.8 Å². The van der Waals surface area contributed by atoms with E-state index < -0.39 is 16.9 Å². The molecule has 0 spiro atoms. The number of Topliss-reactive ketones (excluding diaryl/α,β-unsaturated/α-hetero) is 1. The largest absolute Gasteiger partial charge is 0.494 e. The zero-order chi connectivity index (χ0) is 14.6. The summed E-state index contributed by atoms with van der Waals surface area (Å²) in [6.07, 6.45) is -1.74. The van der Waals surface area contributed by atoms with E-state index in [1.165, 1.54) is 18.2 Å². The van der Waals surface area contributed by atoms with Gasteiger partial charge in [-0.2, -0.15) is 0 Å². The lowest BCUT2D eigenvalue weighted by molar-refractivity contribution is -0.146. The molecular formula is C13H15BrO5. The number of carboxylic acids is 1. The predicted octanol–water partition coefficient (Wildman–Crippen LogP) is 2.17. The van der Waals surface area contributed by atoms with Gasteiger partial charge in [0.25, 0.3) is 0 Å². The molecule has 0 heterocycles. The minimum Gasteiger partial charge on any atom is -0.494 e. The van der Waals surface area contributed by atoms with E-state index in [-0.39, 0.29) is 16.9 Å². The average Bonchev–Trinajstić information content (AvgIpc) is 2.37. The van der Waals surface area contributed by atoms with Crippen molar-refractivity contribution < 1.29 is 24.5 Å². The molecule has 1 aromatic carbocycles. The molecule has 0 radical (unpaired) electrons. The summed E-state index contributed by atoms with van der Waals surface area (Å²) in [5.74, 6) is -1.25. The summed E-state index contributed by atoms with van der Waals surface area (Å²) in [6, 6.07) is 4.37. The number of benzene rings is 1. The van der Waals surface area contributed by atoms with Crippen LogP contribution in [0.15, 0.2) is 18.2 Å². The molecule has 0 aliphatic heterocycles. The number of ether oxygens (including phenoxy) is 1. The first-order valence-corrected chi connectivity index (χ1v) is 6.66. The Kier molecular flexibility index (Phi) is 5.50. The van der Waals surface area contributed by atoms with Crippen molar-refractivity contribution >= 4 is 27.7 Å². The fraction of sp³-hybridized carbons (Fsp3) is 0.385. The molecule has 2 N–H and O–H groups in total. The van der Waals surface area contributed by atoms with Gasteiger partial charge < -0.3 is 14.9 Å². The summed E-state index contributed by atoms with van der Waals surface area (Å²) in [4.78, 5) is 22.4. The summed E-state index contributed by atoms with van der Waals surface area (Å²) in [7, 11) is 0. The molecule has 1 rings (SSSR count). The third-order valence-electron chi connectivity index (χ3n) is 2.49. The van der Waals surface area contributed by atoms with E-state index in [1.54, 1.807) is 13.8 Å². The van der Waals surface area contributed by atoms with Crippen LogP contribution in [0.1, 0.15) is 35.9 Å². The highest BCUT2D eigenvalue weighted by molar-refractivity contribution is 9.10. The first-order chi connectivity index (χ1) is 8.88. The van der Waals surface area contributed by atoms with Gasteiger partial charge in [-0.3, -0.25) is 4.79 Å². The molecule has 0 aliphatic rings. The zero-order valence-corrected chi connectivity index (χ0v) is 12.2. The standard InChI is InChI=1S/C13H15BrO5/c1-3-19-8-4-5-9(12(16)13(17)18)10(6-8)11(15)7(2)14/h4-7,12,16H,3H2,1-2H3,(H,17,18). The van der Waals surface area contributed by atoms with E-state index >= 15 is 0 Å². The van der Waals surface area contributed by atoms with E-state index in [0.717, 1.165) is 0 Å². The fourth-order valence-corrected chi connectivity index (χ4v) is 1.84. The molecule has 0 bridgehead atoms. The molecular weight excluding hydrogens is 316 g/mol. The van der Waals surface area contributed by atoms with Gasteiger partial charge in [0.2, 0.25) is 0 Å². The lowest BCUT2D eigenvalue weighted by atomic mass is 9.97. The highest BCUT2D eigenvalue weighted by Gasteiger charge is 2.25. The van der Waals surface area contributed by atoms with Gasteiger partial charge in [0.15, 0.2) is 11.9 Å². The number of rotatable bonds is 6. The zero-order valence-electron chi connectivity index (χ0n) is 10.6. The van der Waals surface area contributed by atoms with Gasteiger partial charge >= 0.3 is 5.97 Å². The highest BCUT2D eigenvalue weighted by Crippen LogP contribution is 2.26. The Balaban J connectivity index is 3.30. The van der Waals surface area contributed by atoms with Crippen LogP contribution in [0, 0.1) is 0 Å². The van der Waals surface area contributed by atoms with Crippen molar-refractivity contribution in [1.29, 1.82) is 0 Å². The van der Waals surface area contributed by atoms with E-state index in [1.807, 2.05) is 0 Å². The molecule has 0 amide bonds. The van der Waals surface area contributed by atoms with Crippen molar-refractivity contribution in [3.63, 3.8) is 0 Å². The van der Waals surface area contributed by atoms with Crippen LogP contribution in [0.3, 0.4) is 0 Å². The van der Waals surface area contributed by atoms with Gasteiger partial charge in [-0.15, -0.1) is 0 Å². The van der Waals surface area contributed by atoms with Crippen LogP contribution in [0.2, 0.25) is 0 Å². The SMILES string of the molecule is CCOc1ccc(C(O)C(=O)O)c(C(=O)C(C)Br)c1. The van der Waals surface area contributed by atoms with Gasteiger partial charge in [0.1, 0.15) is 5.75 Å². The first kappa shape index (κ1) is 15.7. The van der Waals surface area contributed by atoms with Crippen molar-refractivity contribution in [1.82, 2.24) is 0 Å². The third-order valence-corrected chi connectivity index (χ3v) is 2.91. The van der Waals surface area contributed by atoms with E-state index in [9.17, 15) is 14.7 Å². The Bertz CT molecular complexity index is 484. The smallest absolute Gasteiger partial charge is 0.337 e. The van der Waals surface area contributed by atoms with Crippen LogP contribution in [0.25, 0.3) is 0 Å². The number of aliphatic carboxylic acids is 1. The van der Waals surface area contributed by atoms with Crippen molar-refractivity contribution in [2.75, 3.05) is 6.61 Å². The van der Waals surface area contributed by atoms with Gasteiger partial charge in [0, 0.05) is 11.1 Å². The van der Waals surface area contributed by atoms with Gasteiger partial charge in [-0.25, -0.2) is 4.79 Å². The van der Waals surface area contributed by atoms with Crippen LogP contribution in [-0.4, -0.2) is 33.4 Å². The summed E-state index contributed by atoms with van der Waals surface area (Å²) >= 11 is 3.14. The third kappa shape index (κ3) is 3.78. The Morgan fingerprint density at radius 3 is 2.53 bits per heavy atom. The number of hydrogen-bond donors (Lipinski definition) is 2. The highest BCUT2D eigenvalue weighted by atomic mass is 79.9. The van der Waals surface area contributed by atoms with Crippen LogP contribution in [0.4, 0.5) is 0 Å². The number of carbonyl (C=O) groups excluding carboxylic acids is 1. The van der Waals surface area contributed by atoms with Crippen molar-refractivity contribution in [3.8, 4) is 5.75 Å². The van der Waals surface area contributed by atoms with Crippen LogP contribution >= 0.6 is 15.9 Å². The van der Waals surface area contributed by atoms with Crippen LogP contribution in [-0.2, 0) is 4.79 Å². The number of hydrogen-bond acceptors (Lipinski definition) is 4. The van der Waals surface area contributed by atoms with E-state index in [2.05, 4.69) is 15.9 Å². The van der Waals surface area contributed by atoms with E-state index in [4.69, 9.17) is 9.84 Å². The minimum absolute atomic E-state index is 0.0623. The van der Waals surface area contributed by atoms with Gasteiger partial charge in [-0.05, 0) is 26.0 Å². The maximum Gasteiger partial charge on any atom is 0.337 e. The molecule has 6 heteroatoms. The normalized spacial score (nSPS) is 13.7. The summed E-state index contributed by atoms with van der Waals surface area (Å²) in [5.41, 5.74) is 0.206. The Morgan fingerprint density at radius 1 is 1.42 bits per heavy atom. The van der Waals surface area contributed by atoms with E-state index in [0.29, 0.717) is 12.4 Å². The number of carbonyl (C=O) groups is 2. The lowest BCUT2D eigenvalue weighted by Crippen LogP contribution is -2.18. The molecule has 2 atom stereocenters. The number of aliphatic hydroxyl groups is 1. The molecule has 2 unspecified atom stereocenters. The molecule has 0 fully saturated rings. The predicted molar refractivity (Wildman–Crippen MR) is 72.9 cm³/mol. The quantitative estimate of drug-likeness (QED) is 0.616. The Morgan fingerprint density at radius 2 is 2.05 bits per heavy atom. The summed E-state index contributed by atoms with van der Waals surface area (Å²) in [6.45, 7) is 3.86. The van der Waals surface area contributed by atoms with Crippen molar-refractivity contribution in [2.24, 2.45) is 0 Å². The van der Waals surface area contributed by atoms with Crippen molar-refractivity contribution in [3.05, 3.63) is 29.3 Å². The molecule has 19 heavy (non-hydrogen) atoms. The Labute approximate surface area is 119 Å². The molecule has 5 nitrogen and oxygen atoms in total. The number of ketones is 1. The summed E-state index contributed by atoms with van der Waals surface area (Å²) in [5, 5.41) is 18.5. The molecule has 0 saturated heterocycles. The fourth-order valence-electron chi connectivity index (χ4n) is 1.59. The number of halogens is 1. The second-order valence-electron chi connectivity index (χ2n) is 3.90. The molecule has 0 aromatic heterocycles. The molecule has 0 aliphatic carbocycles. The molecule has 104 valence electrons. The second-order valence-corrected chi connectivity index (χ2v) is 5.28. The van der Waals surface area contributed by atoms with Crippen LogP contribution < -0.4 is 4.74 Å². The number of aliphatic hydroxyl groups excluding tert-OH is 1. The number of alkyl halides is 1. The maximum atomic E-state index is 12.0. The minimum atomic E-state index is -1.74. The van der Waals surface area contributed by atoms with Gasteiger partial charge in [0.05, 0.1) is 11.4 Å². The molecule has 1 aromatic rings. The molecule has 0 saturated carbocycles. The average molecular weight is 331 g/mol. The first-order valence-electron chi connectivity index (χ1n) is 5.74.